The van der Waals surface area contributed by atoms with Gasteiger partial charge in [0.05, 0.1) is 14.2 Å². The summed E-state index contributed by atoms with van der Waals surface area (Å²) in [6, 6.07) is 6.98. The van der Waals surface area contributed by atoms with E-state index < -0.39 is 0 Å². The van der Waals surface area contributed by atoms with E-state index in [1.807, 2.05) is 6.07 Å². The second-order valence-electron chi connectivity index (χ2n) is 7.29. The molecular formula is C20H32N2O2. The van der Waals surface area contributed by atoms with Crippen molar-refractivity contribution in [2.24, 2.45) is 5.92 Å². The van der Waals surface area contributed by atoms with E-state index in [4.69, 9.17) is 9.47 Å². The van der Waals surface area contributed by atoms with E-state index in [0.29, 0.717) is 0 Å². The molecule has 1 aliphatic carbocycles. The van der Waals surface area contributed by atoms with Crippen molar-refractivity contribution >= 4 is 0 Å². The Hall–Kier alpha value is -1.26. The summed E-state index contributed by atoms with van der Waals surface area (Å²) in [6.07, 6.45) is 5.64. The Morgan fingerprint density at radius 3 is 2.42 bits per heavy atom. The van der Waals surface area contributed by atoms with E-state index in [-0.39, 0.29) is 0 Å². The highest BCUT2D eigenvalue weighted by molar-refractivity contribution is 5.46. The molecule has 1 aromatic carbocycles. The first-order valence-electron chi connectivity index (χ1n) is 9.39. The maximum absolute atomic E-state index is 5.58. The molecule has 4 heteroatoms. The average molecular weight is 332 g/mol. The van der Waals surface area contributed by atoms with Crippen LogP contribution >= 0.6 is 0 Å². The van der Waals surface area contributed by atoms with Crippen LogP contribution in [0.2, 0.25) is 0 Å². The number of para-hydroxylation sites is 1. The summed E-state index contributed by atoms with van der Waals surface area (Å²) < 4.78 is 11.0. The second-order valence-corrected chi connectivity index (χ2v) is 7.29. The van der Waals surface area contributed by atoms with Crippen molar-refractivity contribution in [3.8, 4) is 11.5 Å². The van der Waals surface area contributed by atoms with Crippen LogP contribution in [0.15, 0.2) is 18.2 Å². The number of hydrogen-bond acceptors (Lipinski definition) is 4. The first-order valence-corrected chi connectivity index (χ1v) is 9.39. The third-order valence-corrected chi connectivity index (χ3v) is 5.82. The van der Waals surface area contributed by atoms with Gasteiger partial charge in [-0.25, -0.2) is 0 Å². The summed E-state index contributed by atoms with van der Waals surface area (Å²) in [5, 5.41) is 0. The van der Waals surface area contributed by atoms with Gasteiger partial charge in [0.1, 0.15) is 0 Å². The average Bonchev–Trinajstić information content (AvgIpc) is 2.62. The van der Waals surface area contributed by atoms with Gasteiger partial charge in [-0.1, -0.05) is 31.9 Å². The predicted molar refractivity (Wildman–Crippen MR) is 97.8 cm³/mol. The lowest BCUT2D eigenvalue weighted by Crippen LogP contribution is -2.52. The van der Waals surface area contributed by atoms with E-state index in [2.05, 4.69) is 28.9 Å². The van der Waals surface area contributed by atoms with E-state index in [9.17, 15) is 0 Å². The molecule has 2 fully saturated rings. The largest absolute Gasteiger partial charge is 0.493 e. The lowest BCUT2D eigenvalue weighted by Gasteiger charge is -2.43. The zero-order chi connectivity index (χ0) is 16.9. The molecule has 4 nitrogen and oxygen atoms in total. The minimum Gasteiger partial charge on any atom is -0.493 e. The molecule has 0 amide bonds. The van der Waals surface area contributed by atoms with Gasteiger partial charge >= 0.3 is 0 Å². The van der Waals surface area contributed by atoms with Gasteiger partial charge < -0.3 is 9.47 Å². The van der Waals surface area contributed by atoms with Gasteiger partial charge in [-0.05, 0) is 24.8 Å². The fraction of sp³-hybridized carbons (Fsp3) is 0.700. The SMILES string of the molecule is COc1cccc(CN2CCN([C@@H]3CCCC[C@@H]3C)CC2)c1OC. The first kappa shape index (κ1) is 17.6. The third kappa shape index (κ3) is 3.86. The van der Waals surface area contributed by atoms with Crippen molar-refractivity contribution in [2.45, 2.75) is 45.2 Å². The predicted octanol–water partition coefficient (Wildman–Crippen LogP) is 3.40. The summed E-state index contributed by atoms with van der Waals surface area (Å²) in [6.45, 7) is 8.06. The smallest absolute Gasteiger partial charge is 0.165 e. The minimum absolute atomic E-state index is 0.812. The lowest BCUT2D eigenvalue weighted by atomic mass is 9.84. The lowest BCUT2D eigenvalue weighted by molar-refractivity contribution is 0.0515. The molecule has 134 valence electrons. The molecule has 0 bridgehead atoms. The highest BCUT2D eigenvalue weighted by Gasteiger charge is 2.29. The van der Waals surface area contributed by atoms with E-state index >= 15 is 0 Å². The summed E-state index contributed by atoms with van der Waals surface area (Å²) in [7, 11) is 3.43. The monoisotopic (exact) mass is 332 g/mol. The molecule has 2 atom stereocenters. The van der Waals surface area contributed by atoms with Gasteiger partial charge in [0.2, 0.25) is 0 Å². The molecule has 1 saturated heterocycles. The molecule has 0 spiro atoms. The van der Waals surface area contributed by atoms with Crippen molar-refractivity contribution in [1.29, 1.82) is 0 Å². The van der Waals surface area contributed by atoms with Crippen molar-refractivity contribution in [3.63, 3.8) is 0 Å². The van der Waals surface area contributed by atoms with Crippen LogP contribution in [0.4, 0.5) is 0 Å². The van der Waals surface area contributed by atoms with E-state index in [0.717, 1.165) is 43.1 Å². The molecule has 1 saturated carbocycles. The Kier molecular flexibility index (Phi) is 6.01. The fourth-order valence-corrected chi connectivity index (χ4v) is 4.41. The Balaban J connectivity index is 1.58. The topological polar surface area (TPSA) is 24.9 Å². The molecule has 0 radical (unpaired) electrons. The number of piperazine rings is 1. The van der Waals surface area contributed by atoms with Crippen molar-refractivity contribution < 1.29 is 9.47 Å². The Labute approximate surface area is 146 Å². The quantitative estimate of drug-likeness (QED) is 0.825. The number of benzene rings is 1. The van der Waals surface area contributed by atoms with Crippen LogP contribution < -0.4 is 9.47 Å². The maximum Gasteiger partial charge on any atom is 0.165 e. The summed E-state index contributed by atoms with van der Waals surface area (Å²) >= 11 is 0. The molecule has 1 aliphatic heterocycles. The van der Waals surface area contributed by atoms with Crippen LogP contribution in [-0.4, -0.2) is 56.2 Å². The summed E-state index contributed by atoms with van der Waals surface area (Å²) in [5.41, 5.74) is 1.22. The zero-order valence-corrected chi connectivity index (χ0v) is 15.5. The highest BCUT2D eigenvalue weighted by atomic mass is 16.5. The molecule has 24 heavy (non-hydrogen) atoms. The number of nitrogens with zero attached hydrogens (tertiary/aromatic N) is 2. The Bertz CT molecular complexity index is 526. The van der Waals surface area contributed by atoms with Crippen molar-refractivity contribution in [3.05, 3.63) is 23.8 Å². The molecule has 0 aromatic heterocycles. The third-order valence-electron chi connectivity index (χ3n) is 5.82. The Morgan fingerprint density at radius 1 is 1.00 bits per heavy atom. The Morgan fingerprint density at radius 2 is 1.75 bits per heavy atom. The molecule has 2 aliphatic rings. The maximum atomic E-state index is 5.58. The second kappa shape index (κ2) is 8.21. The fourth-order valence-electron chi connectivity index (χ4n) is 4.41. The number of rotatable bonds is 5. The van der Waals surface area contributed by atoms with Crippen LogP contribution in [0, 0.1) is 5.92 Å². The van der Waals surface area contributed by atoms with Gasteiger partial charge in [-0.2, -0.15) is 0 Å². The molecule has 1 heterocycles. The number of hydrogen-bond donors (Lipinski definition) is 0. The molecular weight excluding hydrogens is 300 g/mol. The van der Waals surface area contributed by atoms with Gasteiger partial charge in [-0.15, -0.1) is 0 Å². The van der Waals surface area contributed by atoms with Crippen LogP contribution in [0.3, 0.4) is 0 Å². The van der Waals surface area contributed by atoms with Crippen LogP contribution in [-0.2, 0) is 6.54 Å². The highest BCUT2D eigenvalue weighted by Crippen LogP contribution is 2.32. The van der Waals surface area contributed by atoms with Crippen LogP contribution in [0.5, 0.6) is 11.5 Å². The standard InChI is InChI=1S/C20H32N2O2/c1-16-7-4-5-9-18(16)22-13-11-21(12-14-22)15-17-8-6-10-19(23-2)20(17)24-3/h6,8,10,16,18H,4-5,7,9,11-15H2,1-3H3/t16-,18+/m0/s1. The summed E-state index contributed by atoms with van der Waals surface area (Å²) in [4.78, 5) is 5.28. The van der Waals surface area contributed by atoms with E-state index in [1.54, 1.807) is 14.2 Å². The number of methoxy groups -OCH3 is 2. The van der Waals surface area contributed by atoms with Gasteiger partial charge in [-0.3, -0.25) is 9.80 Å². The normalized spacial score (nSPS) is 26.3. The van der Waals surface area contributed by atoms with Crippen molar-refractivity contribution in [2.75, 3.05) is 40.4 Å². The number of ether oxygens (including phenoxy) is 2. The minimum atomic E-state index is 0.812. The van der Waals surface area contributed by atoms with Gasteiger partial charge in [0.15, 0.2) is 11.5 Å². The molecule has 1 aromatic rings. The summed E-state index contributed by atoms with van der Waals surface area (Å²) in [5.74, 6) is 2.57. The molecule has 0 N–H and O–H groups in total. The first-order chi connectivity index (χ1) is 11.7. The van der Waals surface area contributed by atoms with Gasteiger partial charge in [0, 0.05) is 44.3 Å². The zero-order valence-electron chi connectivity index (χ0n) is 15.5. The van der Waals surface area contributed by atoms with Crippen molar-refractivity contribution in [1.82, 2.24) is 9.80 Å². The van der Waals surface area contributed by atoms with Gasteiger partial charge in [0.25, 0.3) is 0 Å². The molecule has 3 rings (SSSR count). The van der Waals surface area contributed by atoms with Crippen LogP contribution in [0.25, 0.3) is 0 Å². The van der Waals surface area contributed by atoms with E-state index in [1.165, 1.54) is 44.3 Å². The van der Waals surface area contributed by atoms with Crippen LogP contribution in [0.1, 0.15) is 38.2 Å². The molecule has 0 unspecified atom stereocenters.